The SMILES string of the molecule is CN(CC1CCNC1)c1ccccc1Cl. The maximum atomic E-state index is 6.15. The van der Waals surface area contributed by atoms with Gasteiger partial charge in [0.25, 0.3) is 0 Å². The van der Waals surface area contributed by atoms with E-state index < -0.39 is 0 Å². The zero-order valence-corrected chi connectivity index (χ0v) is 9.80. The van der Waals surface area contributed by atoms with Crippen LogP contribution in [-0.4, -0.2) is 26.7 Å². The molecule has 0 aromatic heterocycles. The molecule has 1 unspecified atom stereocenters. The maximum absolute atomic E-state index is 6.15. The molecule has 3 heteroatoms. The Morgan fingerprint density at radius 3 is 2.93 bits per heavy atom. The van der Waals surface area contributed by atoms with Crippen molar-refractivity contribution in [1.82, 2.24) is 5.32 Å². The highest BCUT2D eigenvalue weighted by Gasteiger charge is 2.17. The van der Waals surface area contributed by atoms with Crippen molar-refractivity contribution in [3.63, 3.8) is 0 Å². The van der Waals surface area contributed by atoms with Crippen LogP contribution >= 0.6 is 11.6 Å². The Balaban J connectivity index is 2.00. The van der Waals surface area contributed by atoms with Crippen LogP contribution in [0.3, 0.4) is 0 Å². The molecule has 1 heterocycles. The molecular weight excluding hydrogens is 208 g/mol. The van der Waals surface area contributed by atoms with Crippen molar-refractivity contribution in [1.29, 1.82) is 0 Å². The number of nitrogens with one attached hydrogen (secondary N) is 1. The van der Waals surface area contributed by atoms with Crippen LogP contribution in [-0.2, 0) is 0 Å². The molecule has 0 aliphatic carbocycles. The molecule has 1 atom stereocenters. The van der Waals surface area contributed by atoms with E-state index in [2.05, 4.69) is 23.3 Å². The number of hydrogen-bond donors (Lipinski definition) is 1. The van der Waals surface area contributed by atoms with E-state index in [4.69, 9.17) is 11.6 Å². The third-order valence-electron chi connectivity index (χ3n) is 2.96. The summed E-state index contributed by atoms with van der Waals surface area (Å²) in [6, 6.07) is 8.02. The minimum absolute atomic E-state index is 0.756. The van der Waals surface area contributed by atoms with Crippen LogP contribution in [0.5, 0.6) is 0 Å². The number of para-hydroxylation sites is 1. The Labute approximate surface area is 96.2 Å². The van der Waals surface area contributed by atoms with E-state index in [1.165, 1.54) is 6.42 Å². The van der Waals surface area contributed by atoms with E-state index in [9.17, 15) is 0 Å². The first-order chi connectivity index (χ1) is 7.27. The fraction of sp³-hybridized carbons (Fsp3) is 0.500. The van der Waals surface area contributed by atoms with Crippen molar-refractivity contribution >= 4 is 17.3 Å². The van der Waals surface area contributed by atoms with E-state index in [-0.39, 0.29) is 0 Å². The van der Waals surface area contributed by atoms with Gasteiger partial charge >= 0.3 is 0 Å². The number of benzene rings is 1. The Kier molecular flexibility index (Phi) is 3.49. The lowest BCUT2D eigenvalue weighted by Crippen LogP contribution is -2.26. The van der Waals surface area contributed by atoms with Crippen molar-refractivity contribution in [3.8, 4) is 0 Å². The predicted molar refractivity (Wildman–Crippen MR) is 65.7 cm³/mol. The molecule has 1 saturated heterocycles. The Bertz CT molecular complexity index is 321. The summed E-state index contributed by atoms with van der Waals surface area (Å²) in [5.74, 6) is 0.756. The Hall–Kier alpha value is -0.730. The van der Waals surface area contributed by atoms with Gasteiger partial charge < -0.3 is 10.2 Å². The fourth-order valence-electron chi connectivity index (χ4n) is 2.12. The molecular formula is C12H17ClN2. The van der Waals surface area contributed by atoms with Gasteiger partial charge in [0.05, 0.1) is 10.7 Å². The highest BCUT2D eigenvalue weighted by atomic mass is 35.5. The normalized spacial score (nSPS) is 20.5. The molecule has 2 rings (SSSR count). The molecule has 0 spiro atoms. The lowest BCUT2D eigenvalue weighted by Gasteiger charge is -2.23. The third kappa shape index (κ3) is 2.64. The van der Waals surface area contributed by atoms with Gasteiger partial charge in [0, 0.05) is 13.6 Å². The first-order valence-corrected chi connectivity index (χ1v) is 5.81. The number of nitrogens with zero attached hydrogens (tertiary/aromatic N) is 1. The third-order valence-corrected chi connectivity index (χ3v) is 3.28. The lowest BCUT2D eigenvalue weighted by atomic mass is 10.1. The van der Waals surface area contributed by atoms with Gasteiger partial charge in [0.15, 0.2) is 0 Å². The quantitative estimate of drug-likeness (QED) is 0.848. The van der Waals surface area contributed by atoms with Crippen LogP contribution in [0.25, 0.3) is 0 Å². The molecule has 1 fully saturated rings. The summed E-state index contributed by atoms with van der Waals surface area (Å²) in [7, 11) is 2.11. The van der Waals surface area contributed by atoms with Crippen LogP contribution in [0.4, 0.5) is 5.69 Å². The molecule has 0 bridgehead atoms. The fourth-order valence-corrected chi connectivity index (χ4v) is 2.40. The smallest absolute Gasteiger partial charge is 0.0639 e. The van der Waals surface area contributed by atoms with Crippen molar-refractivity contribution in [2.75, 3.05) is 31.6 Å². The van der Waals surface area contributed by atoms with E-state index in [0.29, 0.717) is 0 Å². The van der Waals surface area contributed by atoms with Crippen LogP contribution in [0.1, 0.15) is 6.42 Å². The largest absolute Gasteiger partial charge is 0.373 e. The minimum atomic E-state index is 0.756. The summed E-state index contributed by atoms with van der Waals surface area (Å²) in [5, 5.41) is 4.22. The van der Waals surface area contributed by atoms with Gasteiger partial charge in [-0.25, -0.2) is 0 Å². The van der Waals surface area contributed by atoms with Crippen LogP contribution < -0.4 is 10.2 Å². The van der Waals surface area contributed by atoms with Gasteiger partial charge in [-0.3, -0.25) is 0 Å². The molecule has 2 nitrogen and oxygen atoms in total. The van der Waals surface area contributed by atoms with Gasteiger partial charge in [-0.05, 0) is 37.6 Å². The van der Waals surface area contributed by atoms with E-state index >= 15 is 0 Å². The molecule has 1 N–H and O–H groups in total. The molecule has 1 aliphatic heterocycles. The van der Waals surface area contributed by atoms with Crippen LogP contribution in [0, 0.1) is 5.92 Å². The first kappa shape index (κ1) is 10.8. The summed E-state index contributed by atoms with van der Waals surface area (Å²) < 4.78 is 0. The summed E-state index contributed by atoms with van der Waals surface area (Å²) in [5.41, 5.74) is 1.13. The second-order valence-corrected chi connectivity index (χ2v) is 4.60. The minimum Gasteiger partial charge on any atom is -0.373 e. The molecule has 1 aromatic carbocycles. The van der Waals surface area contributed by atoms with Gasteiger partial charge in [0.2, 0.25) is 0 Å². The van der Waals surface area contributed by atoms with Gasteiger partial charge in [-0.1, -0.05) is 23.7 Å². The molecule has 1 aliphatic rings. The molecule has 0 saturated carbocycles. The van der Waals surface area contributed by atoms with Crippen LogP contribution in [0.2, 0.25) is 5.02 Å². The van der Waals surface area contributed by atoms with Crippen molar-refractivity contribution in [2.24, 2.45) is 5.92 Å². The van der Waals surface area contributed by atoms with Crippen molar-refractivity contribution < 1.29 is 0 Å². The molecule has 0 amide bonds. The van der Waals surface area contributed by atoms with E-state index in [1.807, 2.05) is 18.2 Å². The predicted octanol–water partition coefficient (Wildman–Crippen LogP) is 2.39. The van der Waals surface area contributed by atoms with Crippen LogP contribution in [0.15, 0.2) is 24.3 Å². The van der Waals surface area contributed by atoms with Gasteiger partial charge in [-0.2, -0.15) is 0 Å². The molecule has 82 valence electrons. The first-order valence-electron chi connectivity index (χ1n) is 5.44. The molecule has 0 radical (unpaired) electrons. The average molecular weight is 225 g/mol. The second kappa shape index (κ2) is 4.86. The van der Waals surface area contributed by atoms with Gasteiger partial charge in [-0.15, -0.1) is 0 Å². The number of hydrogen-bond acceptors (Lipinski definition) is 2. The average Bonchev–Trinajstić information content (AvgIpc) is 2.71. The van der Waals surface area contributed by atoms with Crippen molar-refractivity contribution in [3.05, 3.63) is 29.3 Å². The standard InChI is InChI=1S/C12H17ClN2/c1-15(9-10-6-7-14-8-10)12-5-3-2-4-11(12)13/h2-5,10,14H,6-9H2,1H3. The number of rotatable bonds is 3. The highest BCUT2D eigenvalue weighted by molar-refractivity contribution is 6.33. The Morgan fingerprint density at radius 1 is 1.47 bits per heavy atom. The monoisotopic (exact) mass is 224 g/mol. The maximum Gasteiger partial charge on any atom is 0.0639 e. The summed E-state index contributed by atoms with van der Waals surface area (Å²) in [4.78, 5) is 2.25. The molecule has 15 heavy (non-hydrogen) atoms. The molecule has 1 aromatic rings. The summed E-state index contributed by atoms with van der Waals surface area (Å²) >= 11 is 6.15. The van der Waals surface area contributed by atoms with E-state index in [1.54, 1.807) is 0 Å². The lowest BCUT2D eigenvalue weighted by molar-refractivity contribution is 0.578. The zero-order valence-electron chi connectivity index (χ0n) is 9.04. The number of halogens is 1. The second-order valence-electron chi connectivity index (χ2n) is 4.19. The van der Waals surface area contributed by atoms with E-state index in [0.717, 1.165) is 36.3 Å². The Morgan fingerprint density at radius 2 is 2.27 bits per heavy atom. The highest BCUT2D eigenvalue weighted by Crippen LogP contribution is 2.25. The topological polar surface area (TPSA) is 15.3 Å². The summed E-state index contributed by atoms with van der Waals surface area (Å²) in [6.07, 6.45) is 1.27. The van der Waals surface area contributed by atoms with Crippen molar-refractivity contribution in [2.45, 2.75) is 6.42 Å². The summed E-state index contributed by atoms with van der Waals surface area (Å²) in [6.45, 7) is 3.37. The van der Waals surface area contributed by atoms with Gasteiger partial charge in [0.1, 0.15) is 0 Å². The zero-order chi connectivity index (χ0) is 10.7. The number of anilines is 1.